The van der Waals surface area contributed by atoms with Gasteiger partial charge in [-0.3, -0.25) is 14.6 Å². The average molecular weight is 358 g/mol. The van der Waals surface area contributed by atoms with Crippen molar-refractivity contribution < 1.29 is 4.79 Å². The van der Waals surface area contributed by atoms with Crippen LogP contribution in [0.25, 0.3) is 0 Å². The Bertz CT molecular complexity index is 636. The molecule has 0 saturated carbocycles. The van der Waals surface area contributed by atoms with Gasteiger partial charge in [-0.05, 0) is 23.6 Å². The van der Waals surface area contributed by atoms with Crippen molar-refractivity contribution in [3.8, 4) is 0 Å². The maximum Gasteiger partial charge on any atom is 0.226 e. The Morgan fingerprint density at radius 2 is 1.76 bits per heavy atom. The third kappa shape index (κ3) is 5.14. The van der Waals surface area contributed by atoms with Crippen LogP contribution in [0.2, 0.25) is 0 Å². The highest BCUT2D eigenvalue weighted by molar-refractivity contribution is 7.09. The molecule has 1 aliphatic heterocycles. The lowest BCUT2D eigenvalue weighted by molar-refractivity contribution is -0.118. The van der Waals surface area contributed by atoms with Gasteiger partial charge < -0.3 is 4.90 Å². The minimum atomic E-state index is 0.197. The van der Waals surface area contributed by atoms with E-state index in [0.29, 0.717) is 6.42 Å². The summed E-state index contributed by atoms with van der Waals surface area (Å²) in [4.78, 5) is 20.7. The second-order valence-electron chi connectivity index (χ2n) is 6.43. The van der Waals surface area contributed by atoms with E-state index in [9.17, 15) is 4.79 Å². The number of amides is 1. The van der Waals surface area contributed by atoms with Gasteiger partial charge >= 0.3 is 0 Å². The van der Waals surface area contributed by atoms with Crippen molar-refractivity contribution in [2.24, 2.45) is 0 Å². The predicted molar refractivity (Wildman–Crippen MR) is 105 cm³/mol. The normalized spacial score (nSPS) is 16.0. The fourth-order valence-electron chi connectivity index (χ4n) is 3.23. The molecule has 3 rings (SSSR count). The van der Waals surface area contributed by atoms with E-state index < -0.39 is 0 Å². The van der Waals surface area contributed by atoms with E-state index in [2.05, 4.69) is 27.3 Å². The van der Waals surface area contributed by atoms with Gasteiger partial charge in [0, 0.05) is 62.8 Å². The van der Waals surface area contributed by atoms with Crippen LogP contribution in [0.4, 0.5) is 5.69 Å². The molecular formula is C20H27N3OS. The maximum atomic E-state index is 12.3. The van der Waals surface area contributed by atoms with Gasteiger partial charge in [-0.2, -0.15) is 0 Å². The first-order valence-electron chi connectivity index (χ1n) is 9.08. The number of benzene rings is 1. The molecule has 0 unspecified atom stereocenters. The summed E-state index contributed by atoms with van der Waals surface area (Å²) < 4.78 is 0. The largest absolute Gasteiger partial charge is 0.311 e. The van der Waals surface area contributed by atoms with Crippen molar-refractivity contribution in [1.82, 2.24) is 9.80 Å². The molecule has 0 spiro atoms. The Balaban J connectivity index is 1.48. The molecule has 0 atom stereocenters. The molecule has 1 amide bonds. The van der Waals surface area contributed by atoms with E-state index in [0.717, 1.165) is 51.5 Å². The fourth-order valence-corrected chi connectivity index (χ4v) is 3.98. The van der Waals surface area contributed by atoms with Crippen LogP contribution in [0.5, 0.6) is 0 Å². The molecule has 0 aliphatic carbocycles. The molecule has 4 nitrogen and oxygen atoms in total. The summed E-state index contributed by atoms with van der Waals surface area (Å²) in [6.07, 6.45) is 0.545. The number of carbonyl (C=O) groups is 1. The molecule has 0 bridgehead atoms. The number of para-hydroxylation sites is 1. The summed E-state index contributed by atoms with van der Waals surface area (Å²) >= 11 is 1.84. The van der Waals surface area contributed by atoms with E-state index in [-0.39, 0.29) is 5.91 Å². The first-order chi connectivity index (χ1) is 12.3. The molecule has 1 saturated heterocycles. The number of nitrogens with zero attached hydrogens (tertiary/aromatic N) is 3. The van der Waals surface area contributed by atoms with Gasteiger partial charge in [-0.1, -0.05) is 31.2 Å². The molecule has 1 aromatic heterocycles. The Labute approximate surface area is 154 Å². The molecule has 2 heterocycles. The van der Waals surface area contributed by atoms with Crippen molar-refractivity contribution in [3.63, 3.8) is 0 Å². The fraction of sp³-hybridized carbons (Fsp3) is 0.450. The topological polar surface area (TPSA) is 26.8 Å². The average Bonchev–Trinajstić information content (AvgIpc) is 3.17. The van der Waals surface area contributed by atoms with Gasteiger partial charge in [0.15, 0.2) is 0 Å². The molecule has 25 heavy (non-hydrogen) atoms. The summed E-state index contributed by atoms with van der Waals surface area (Å²) in [6.45, 7) is 9.06. The Morgan fingerprint density at radius 1 is 1.04 bits per heavy atom. The highest BCUT2D eigenvalue weighted by atomic mass is 32.1. The molecule has 134 valence electrons. The quantitative estimate of drug-likeness (QED) is 0.761. The van der Waals surface area contributed by atoms with E-state index in [1.807, 2.05) is 53.5 Å². The zero-order valence-electron chi connectivity index (χ0n) is 14.9. The Morgan fingerprint density at radius 3 is 2.40 bits per heavy atom. The summed E-state index contributed by atoms with van der Waals surface area (Å²) in [5.74, 6) is 0.197. The van der Waals surface area contributed by atoms with E-state index >= 15 is 0 Å². The van der Waals surface area contributed by atoms with E-state index in [1.54, 1.807) is 0 Å². The molecule has 2 aromatic rings. The van der Waals surface area contributed by atoms with Crippen LogP contribution in [0.1, 0.15) is 18.2 Å². The van der Waals surface area contributed by atoms with Crippen LogP contribution in [0, 0.1) is 0 Å². The third-order valence-electron chi connectivity index (χ3n) is 4.74. The molecule has 1 aliphatic rings. The van der Waals surface area contributed by atoms with Gasteiger partial charge in [0.2, 0.25) is 5.91 Å². The highest BCUT2D eigenvalue weighted by Crippen LogP contribution is 2.16. The number of hydrogen-bond acceptors (Lipinski definition) is 4. The van der Waals surface area contributed by atoms with Crippen molar-refractivity contribution in [2.75, 3.05) is 44.2 Å². The molecule has 5 heteroatoms. The first kappa shape index (κ1) is 18.1. The van der Waals surface area contributed by atoms with Crippen molar-refractivity contribution >= 4 is 22.9 Å². The van der Waals surface area contributed by atoms with E-state index in [4.69, 9.17) is 0 Å². The number of rotatable bonds is 7. The van der Waals surface area contributed by atoms with Crippen molar-refractivity contribution in [2.45, 2.75) is 19.9 Å². The summed E-state index contributed by atoms with van der Waals surface area (Å²) in [5, 5.41) is 2.15. The Hall–Kier alpha value is -1.69. The van der Waals surface area contributed by atoms with Crippen LogP contribution in [0.3, 0.4) is 0 Å². The van der Waals surface area contributed by atoms with Gasteiger partial charge in [0.05, 0.1) is 0 Å². The van der Waals surface area contributed by atoms with Crippen LogP contribution < -0.4 is 4.90 Å². The van der Waals surface area contributed by atoms with Crippen LogP contribution >= 0.6 is 11.3 Å². The zero-order chi connectivity index (χ0) is 17.5. The summed E-state index contributed by atoms with van der Waals surface area (Å²) in [7, 11) is 0. The molecular weight excluding hydrogens is 330 g/mol. The van der Waals surface area contributed by atoms with Gasteiger partial charge in [0.25, 0.3) is 0 Å². The van der Waals surface area contributed by atoms with Gasteiger partial charge in [0.1, 0.15) is 0 Å². The van der Waals surface area contributed by atoms with Gasteiger partial charge in [-0.25, -0.2) is 0 Å². The minimum Gasteiger partial charge on any atom is -0.311 e. The second-order valence-corrected chi connectivity index (χ2v) is 7.46. The number of carbonyl (C=O) groups excluding carboxylic acids is 1. The molecule has 0 N–H and O–H groups in total. The zero-order valence-corrected chi connectivity index (χ0v) is 15.8. The maximum absolute atomic E-state index is 12.3. The lowest BCUT2D eigenvalue weighted by atomic mass is 10.2. The van der Waals surface area contributed by atoms with Crippen LogP contribution in [-0.2, 0) is 11.3 Å². The minimum absolute atomic E-state index is 0.197. The number of thiophene rings is 1. The first-order valence-corrected chi connectivity index (χ1v) is 9.96. The molecule has 0 radical (unpaired) electrons. The Kier molecular flexibility index (Phi) is 6.62. The lowest BCUT2D eigenvalue weighted by Crippen LogP contribution is -2.48. The monoisotopic (exact) mass is 357 g/mol. The predicted octanol–water partition coefficient (Wildman–Crippen LogP) is 3.31. The number of piperazine rings is 1. The summed E-state index contributed by atoms with van der Waals surface area (Å²) in [5.41, 5.74) is 1.01. The molecule has 1 fully saturated rings. The number of hydrogen-bond donors (Lipinski definition) is 0. The third-order valence-corrected chi connectivity index (χ3v) is 5.60. The van der Waals surface area contributed by atoms with E-state index in [1.165, 1.54) is 4.88 Å². The number of anilines is 1. The lowest BCUT2D eigenvalue weighted by Gasteiger charge is -2.35. The van der Waals surface area contributed by atoms with Gasteiger partial charge in [-0.15, -0.1) is 11.3 Å². The standard InChI is InChI=1S/C20H27N3OS/c1-2-20(24)23(18-7-4-3-5-8-18)15-14-21-10-12-22(13-11-21)17-19-9-6-16-25-19/h3-9,16H,2,10-15,17H2,1H3. The molecule has 1 aromatic carbocycles. The van der Waals surface area contributed by atoms with Crippen molar-refractivity contribution in [3.05, 3.63) is 52.7 Å². The van der Waals surface area contributed by atoms with Crippen LogP contribution in [-0.4, -0.2) is 55.0 Å². The second kappa shape index (κ2) is 9.13. The van der Waals surface area contributed by atoms with Crippen LogP contribution in [0.15, 0.2) is 47.8 Å². The SMILES string of the molecule is CCC(=O)N(CCN1CCN(Cc2cccs2)CC1)c1ccccc1. The highest BCUT2D eigenvalue weighted by Gasteiger charge is 2.19. The smallest absolute Gasteiger partial charge is 0.226 e. The van der Waals surface area contributed by atoms with Crippen molar-refractivity contribution in [1.29, 1.82) is 0 Å². The summed E-state index contributed by atoms with van der Waals surface area (Å²) in [6, 6.07) is 14.4.